The van der Waals surface area contributed by atoms with E-state index in [9.17, 15) is 5.11 Å². The summed E-state index contributed by atoms with van der Waals surface area (Å²) in [4.78, 5) is 0. The number of phenols is 1. The normalized spacial score (nSPS) is 11.3. The van der Waals surface area contributed by atoms with Gasteiger partial charge < -0.3 is 16.6 Å². The molecule has 0 saturated carbocycles. The minimum Gasteiger partial charge on any atom is -0.507 e. The fourth-order valence-electron chi connectivity index (χ4n) is 0.981. The third kappa shape index (κ3) is 3.27. The molecule has 0 spiro atoms. The number of rotatable bonds is 3. The zero-order valence-electron chi connectivity index (χ0n) is 7.35. The van der Waals surface area contributed by atoms with Crippen LogP contribution in [0.15, 0.2) is 30.3 Å². The van der Waals surface area contributed by atoms with Gasteiger partial charge in [0.1, 0.15) is 5.75 Å². The van der Waals surface area contributed by atoms with E-state index in [1.807, 2.05) is 24.3 Å². The predicted octanol–water partition coefficient (Wildman–Crippen LogP) is 1.04. The van der Waals surface area contributed by atoms with E-state index in [-0.39, 0.29) is 11.9 Å². The van der Waals surface area contributed by atoms with Crippen LogP contribution >= 0.6 is 0 Å². The van der Waals surface area contributed by atoms with Crippen LogP contribution in [0.4, 0.5) is 0 Å². The lowest BCUT2D eigenvalue weighted by molar-refractivity contribution is 0.474. The van der Waals surface area contributed by atoms with Crippen LogP contribution in [-0.4, -0.2) is 11.3 Å². The number of aromatic hydroxyl groups is 1. The Bertz CT molecular complexity index is 295. The fourth-order valence-corrected chi connectivity index (χ4v) is 0.981. The van der Waals surface area contributed by atoms with Crippen LogP contribution in [-0.2, 0) is 0 Å². The molecule has 0 aliphatic carbocycles. The average Bonchev–Trinajstić information content (AvgIpc) is 2.08. The van der Waals surface area contributed by atoms with E-state index in [1.165, 1.54) is 0 Å². The second-order valence-electron chi connectivity index (χ2n) is 2.86. The number of phenolic OH excluding ortho intramolecular Hbond substituents is 1. The molecule has 0 amide bonds. The van der Waals surface area contributed by atoms with E-state index in [0.29, 0.717) is 6.42 Å². The van der Waals surface area contributed by atoms with E-state index < -0.39 is 0 Å². The Morgan fingerprint density at radius 3 is 2.62 bits per heavy atom. The molecule has 0 aliphatic heterocycles. The SMILES string of the molecule is NC(N)CC=Cc1ccccc1O. The van der Waals surface area contributed by atoms with Crippen molar-refractivity contribution in [2.45, 2.75) is 12.6 Å². The Balaban J connectivity index is 2.63. The van der Waals surface area contributed by atoms with Gasteiger partial charge in [-0.2, -0.15) is 0 Å². The molecule has 0 aromatic heterocycles. The molecule has 1 rings (SSSR count). The summed E-state index contributed by atoms with van der Waals surface area (Å²) in [5, 5.41) is 9.36. The number of nitrogens with two attached hydrogens (primary N) is 2. The molecule has 13 heavy (non-hydrogen) atoms. The van der Waals surface area contributed by atoms with Crippen LogP contribution in [0.25, 0.3) is 6.08 Å². The Morgan fingerprint density at radius 2 is 2.00 bits per heavy atom. The number of para-hydroxylation sites is 1. The highest BCUT2D eigenvalue weighted by atomic mass is 16.3. The van der Waals surface area contributed by atoms with Gasteiger partial charge in [-0.3, -0.25) is 0 Å². The molecular weight excluding hydrogens is 164 g/mol. The lowest BCUT2D eigenvalue weighted by Crippen LogP contribution is -2.29. The molecule has 70 valence electrons. The standard InChI is InChI=1S/C10H14N2O/c11-10(12)7-3-5-8-4-1-2-6-9(8)13/h1-6,10,13H,7,11-12H2. The summed E-state index contributed by atoms with van der Waals surface area (Å²) in [6.07, 6.45) is 3.93. The topological polar surface area (TPSA) is 72.3 Å². The van der Waals surface area contributed by atoms with E-state index in [0.717, 1.165) is 5.56 Å². The molecule has 1 aromatic carbocycles. The van der Waals surface area contributed by atoms with Crippen LogP contribution in [0.5, 0.6) is 5.75 Å². The lowest BCUT2D eigenvalue weighted by atomic mass is 10.1. The van der Waals surface area contributed by atoms with Crippen LogP contribution in [0.3, 0.4) is 0 Å². The molecule has 0 unspecified atom stereocenters. The minimum atomic E-state index is -0.331. The Kier molecular flexibility index (Phi) is 3.49. The Labute approximate surface area is 77.7 Å². The summed E-state index contributed by atoms with van der Waals surface area (Å²) in [5.41, 5.74) is 11.5. The summed E-state index contributed by atoms with van der Waals surface area (Å²) in [7, 11) is 0. The highest BCUT2D eigenvalue weighted by molar-refractivity contribution is 5.56. The zero-order valence-corrected chi connectivity index (χ0v) is 7.35. The van der Waals surface area contributed by atoms with Crippen molar-refractivity contribution in [3.8, 4) is 5.75 Å². The Morgan fingerprint density at radius 1 is 1.31 bits per heavy atom. The van der Waals surface area contributed by atoms with Gasteiger partial charge in [0, 0.05) is 5.56 Å². The van der Waals surface area contributed by atoms with E-state index >= 15 is 0 Å². The molecular formula is C10H14N2O. The summed E-state index contributed by atoms with van der Waals surface area (Å²) in [5.74, 6) is 0.268. The van der Waals surface area contributed by atoms with Crippen molar-refractivity contribution in [1.29, 1.82) is 0 Å². The minimum absolute atomic E-state index is 0.268. The smallest absolute Gasteiger partial charge is 0.122 e. The first-order valence-electron chi connectivity index (χ1n) is 4.16. The number of benzene rings is 1. The third-order valence-electron chi connectivity index (χ3n) is 1.64. The van der Waals surface area contributed by atoms with Crippen molar-refractivity contribution in [3.63, 3.8) is 0 Å². The average molecular weight is 178 g/mol. The maximum Gasteiger partial charge on any atom is 0.122 e. The van der Waals surface area contributed by atoms with E-state index in [1.54, 1.807) is 12.1 Å². The molecule has 0 aliphatic rings. The van der Waals surface area contributed by atoms with Gasteiger partial charge in [0.15, 0.2) is 0 Å². The first-order chi connectivity index (χ1) is 6.20. The molecule has 1 aromatic rings. The quantitative estimate of drug-likeness (QED) is 0.605. The van der Waals surface area contributed by atoms with Crippen LogP contribution < -0.4 is 11.5 Å². The van der Waals surface area contributed by atoms with Gasteiger partial charge in [-0.05, 0) is 12.5 Å². The van der Waals surface area contributed by atoms with Crippen molar-refractivity contribution in [1.82, 2.24) is 0 Å². The van der Waals surface area contributed by atoms with Gasteiger partial charge in [0.25, 0.3) is 0 Å². The second kappa shape index (κ2) is 4.64. The zero-order chi connectivity index (χ0) is 9.68. The highest BCUT2D eigenvalue weighted by Gasteiger charge is 1.93. The van der Waals surface area contributed by atoms with E-state index in [2.05, 4.69) is 0 Å². The van der Waals surface area contributed by atoms with Crippen molar-refractivity contribution in [3.05, 3.63) is 35.9 Å². The molecule has 0 heterocycles. The van der Waals surface area contributed by atoms with Gasteiger partial charge in [0.2, 0.25) is 0 Å². The van der Waals surface area contributed by atoms with Gasteiger partial charge in [-0.1, -0.05) is 30.4 Å². The van der Waals surface area contributed by atoms with Gasteiger partial charge in [-0.25, -0.2) is 0 Å². The maximum atomic E-state index is 9.36. The molecule has 0 atom stereocenters. The van der Waals surface area contributed by atoms with Gasteiger partial charge in [-0.15, -0.1) is 0 Å². The molecule has 0 fully saturated rings. The molecule has 5 N–H and O–H groups in total. The maximum absolute atomic E-state index is 9.36. The second-order valence-corrected chi connectivity index (χ2v) is 2.86. The summed E-state index contributed by atoms with van der Waals surface area (Å²) in [6.45, 7) is 0. The van der Waals surface area contributed by atoms with Gasteiger partial charge in [0.05, 0.1) is 6.17 Å². The summed E-state index contributed by atoms with van der Waals surface area (Å²) < 4.78 is 0. The van der Waals surface area contributed by atoms with Crippen molar-refractivity contribution >= 4 is 6.08 Å². The first kappa shape index (κ1) is 9.77. The van der Waals surface area contributed by atoms with Crippen LogP contribution in [0, 0.1) is 0 Å². The van der Waals surface area contributed by atoms with Crippen molar-refractivity contribution in [2.75, 3.05) is 0 Å². The molecule has 0 bridgehead atoms. The first-order valence-corrected chi connectivity index (χ1v) is 4.16. The Hall–Kier alpha value is -1.32. The number of hydrogen-bond acceptors (Lipinski definition) is 3. The van der Waals surface area contributed by atoms with Crippen molar-refractivity contribution in [2.24, 2.45) is 11.5 Å². The van der Waals surface area contributed by atoms with Crippen molar-refractivity contribution < 1.29 is 5.11 Å². The molecule has 3 nitrogen and oxygen atoms in total. The molecule has 0 radical (unpaired) electrons. The lowest BCUT2D eigenvalue weighted by Gasteiger charge is -1.99. The highest BCUT2D eigenvalue weighted by Crippen LogP contribution is 2.16. The van der Waals surface area contributed by atoms with Gasteiger partial charge >= 0.3 is 0 Å². The number of hydrogen-bond donors (Lipinski definition) is 3. The third-order valence-corrected chi connectivity index (χ3v) is 1.64. The largest absolute Gasteiger partial charge is 0.507 e. The van der Waals surface area contributed by atoms with Crippen LogP contribution in [0.1, 0.15) is 12.0 Å². The summed E-state index contributed by atoms with van der Waals surface area (Å²) in [6, 6.07) is 7.11. The predicted molar refractivity (Wildman–Crippen MR) is 53.9 cm³/mol. The summed E-state index contributed by atoms with van der Waals surface area (Å²) >= 11 is 0. The monoisotopic (exact) mass is 178 g/mol. The molecule has 0 saturated heterocycles. The fraction of sp³-hybridized carbons (Fsp3) is 0.200. The molecule has 3 heteroatoms. The van der Waals surface area contributed by atoms with Crippen LogP contribution in [0.2, 0.25) is 0 Å². The van der Waals surface area contributed by atoms with E-state index in [4.69, 9.17) is 11.5 Å².